The number of hydrogen-bond donors (Lipinski definition) is 1. The van der Waals surface area contributed by atoms with Crippen LogP contribution in [0.4, 0.5) is 0 Å². The molecule has 2 heterocycles. The summed E-state index contributed by atoms with van der Waals surface area (Å²) in [6.45, 7) is 4.56. The van der Waals surface area contributed by atoms with Gasteiger partial charge in [-0.3, -0.25) is 9.78 Å². The van der Waals surface area contributed by atoms with Gasteiger partial charge in [0.2, 0.25) is 10.0 Å². The lowest BCUT2D eigenvalue weighted by molar-refractivity contribution is 0.0926. The van der Waals surface area contributed by atoms with Gasteiger partial charge in [0.1, 0.15) is 0 Å². The Morgan fingerprint density at radius 3 is 2.70 bits per heavy atom. The minimum atomic E-state index is -3.36. The molecular formula is C19H25N3O4S. The lowest BCUT2D eigenvalue weighted by Gasteiger charge is -2.21. The summed E-state index contributed by atoms with van der Waals surface area (Å²) >= 11 is 0. The van der Waals surface area contributed by atoms with E-state index < -0.39 is 10.0 Å². The SMILES string of the molecule is Cc1cc(C)c2ccc(C(=O)N[C@H]3COC[C@H]3CS(=O)(=O)N(C)C)cc2n1. The van der Waals surface area contributed by atoms with Crippen molar-refractivity contribution in [2.75, 3.05) is 33.1 Å². The summed E-state index contributed by atoms with van der Waals surface area (Å²) in [5, 5.41) is 3.94. The molecule has 1 aliphatic heterocycles. The highest BCUT2D eigenvalue weighted by Gasteiger charge is 2.34. The van der Waals surface area contributed by atoms with Crippen LogP contribution in [0.2, 0.25) is 0 Å². The molecule has 2 aromatic rings. The Bertz CT molecular complexity index is 972. The molecule has 3 rings (SSSR count). The monoisotopic (exact) mass is 391 g/mol. The fraction of sp³-hybridized carbons (Fsp3) is 0.474. The Morgan fingerprint density at radius 1 is 1.26 bits per heavy atom. The van der Waals surface area contributed by atoms with Gasteiger partial charge in [-0.05, 0) is 37.6 Å². The molecule has 2 atom stereocenters. The maximum atomic E-state index is 12.7. The minimum absolute atomic E-state index is 0.0530. The van der Waals surface area contributed by atoms with Crippen LogP contribution in [0.3, 0.4) is 0 Å². The average molecular weight is 391 g/mol. The molecule has 1 N–H and O–H groups in total. The second-order valence-electron chi connectivity index (χ2n) is 7.25. The van der Waals surface area contributed by atoms with E-state index in [0.717, 1.165) is 22.2 Å². The predicted octanol–water partition coefficient (Wildman–Crippen LogP) is 1.49. The number of carbonyl (C=O) groups excluding carboxylic acids is 1. The van der Waals surface area contributed by atoms with E-state index in [1.54, 1.807) is 12.1 Å². The van der Waals surface area contributed by atoms with Crippen LogP contribution >= 0.6 is 0 Å². The van der Waals surface area contributed by atoms with Crippen LogP contribution in [0.5, 0.6) is 0 Å². The van der Waals surface area contributed by atoms with Crippen LogP contribution < -0.4 is 5.32 Å². The number of ether oxygens (including phenoxy) is 1. The van der Waals surface area contributed by atoms with Crippen LogP contribution in [0.15, 0.2) is 24.3 Å². The van der Waals surface area contributed by atoms with Gasteiger partial charge in [-0.15, -0.1) is 0 Å². The summed E-state index contributed by atoms with van der Waals surface area (Å²) in [4.78, 5) is 17.2. The number of sulfonamides is 1. The van der Waals surface area contributed by atoms with Crippen molar-refractivity contribution in [1.82, 2.24) is 14.6 Å². The summed E-state index contributed by atoms with van der Waals surface area (Å²) < 4.78 is 30.9. The summed E-state index contributed by atoms with van der Waals surface area (Å²) in [6.07, 6.45) is 0. The van der Waals surface area contributed by atoms with Crippen molar-refractivity contribution < 1.29 is 17.9 Å². The van der Waals surface area contributed by atoms with Gasteiger partial charge in [-0.2, -0.15) is 0 Å². The molecule has 146 valence electrons. The predicted molar refractivity (Wildman–Crippen MR) is 104 cm³/mol. The Balaban J connectivity index is 1.77. The molecule has 1 amide bonds. The van der Waals surface area contributed by atoms with Crippen molar-refractivity contribution in [2.24, 2.45) is 5.92 Å². The lowest BCUT2D eigenvalue weighted by Crippen LogP contribution is -2.43. The first kappa shape index (κ1) is 19.7. The van der Waals surface area contributed by atoms with Gasteiger partial charge >= 0.3 is 0 Å². The number of hydrogen-bond acceptors (Lipinski definition) is 5. The summed E-state index contributed by atoms with van der Waals surface area (Å²) in [5.41, 5.74) is 3.29. The fourth-order valence-corrected chi connectivity index (χ4v) is 4.47. The van der Waals surface area contributed by atoms with Crippen LogP contribution in [0.25, 0.3) is 10.9 Å². The van der Waals surface area contributed by atoms with Crippen LogP contribution in [-0.4, -0.2) is 62.7 Å². The van der Waals surface area contributed by atoms with Crippen molar-refractivity contribution in [3.63, 3.8) is 0 Å². The van der Waals surface area contributed by atoms with Gasteiger partial charge in [0.25, 0.3) is 5.91 Å². The molecule has 1 aromatic heterocycles. The molecule has 0 saturated carbocycles. The Hall–Kier alpha value is -2.03. The number of rotatable bonds is 5. The van der Waals surface area contributed by atoms with Gasteiger partial charge in [-0.25, -0.2) is 12.7 Å². The Labute approximate surface area is 159 Å². The third-order valence-electron chi connectivity index (χ3n) is 4.90. The number of benzene rings is 1. The van der Waals surface area contributed by atoms with Crippen LogP contribution in [0, 0.1) is 19.8 Å². The van der Waals surface area contributed by atoms with Crippen LogP contribution in [-0.2, 0) is 14.8 Å². The van der Waals surface area contributed by atoms with Crippen molar-refractivity contribution in [3.8, 4) is 0 Å². The number of carbonyl (C=O) groups is 1. The van der Waals surface area contributed by atoms with Crippen molar-refractivity contribution in [3.05, 3.63) is 41.1 Å². The minimum Gasteiger partial charge on any atom is -0.379 e. The second kappa shape index (κ2) is 7.53. The second-order valence-corrected chi connectivity index (χ2v) is 9.48. The zero-order valence-corrected chi connectivity index (χ0v) is 16.8. The smallest absolute Gasteiger partial charge is 0.251 e. The number of aromatic nitrogens is 1. The third kappa shape index (κ3) is 4.28. The normalized spacial score (nSPS) is 20.3. The van der Waals surface area contributed by atoms with E-state index >= 15 is 0 Å². The van der Waals surface area contributed by atoms with E-state index in [1.807, 2.05) is 26.0 Å². The average Bonchev–Trinajstić information content (AvgIpc) is 3.00. The zero-order chi connectivity index (χ0) is 19.8. The number of amides is 1. The number of aryl methyl sites for hydroxylation is 2. The van der Waals surface area contributed by atoms with Gasteiger partial charge in [0, 0.05) is 36.7 Å². The molecule has 1 aromatic carbocycles. The molecule has 7 nitrogen and oxygen atoms in total. The van der Waals surface area contributed by atoms with Gasteiger partial charge in [0.05, 0.1) is 30.5 Å². The number of pyridine rings is 1. The fourth-order valence-electron chi connectivity index (χ4n) is 3.31. The maximum absolute atomic E-state index is 12.7. The van der Waals surface area contributed by atoms with E-state index in [1.165, 1.54) is 18.4 Å². The van der Waals surface area contributed by atoms with E-state index in [-0.39, 0.29) is 23.6 Å². The zero-order valence-electron chi connectivity index (χ0n) is 16.0. The molecule has 0 aliphatic carbocycles. The molecule has 0 bridgehead atoms. The highest BCUT2D eigenvalue weighted by Crippen LogP contribution is 2.21. The van der Waals surface area contributed by atoms with Crippen molar-refractivity contribution in [2.45, 2.75) is 19.9 Å². The number of nitrogens with zero attached hydrogens (tertiary/aromatic N) is 2. The highest BCUT2D eigenvalue weighted by molar-refractivity contribution is 7.89. The molecule has 27 heavy (non-hydrogen) atoms. The molecule has 0 spiro atoms. The van der Waals surface area contributed by atoms with E-state index in [2.05, 4.69) is 10.3 Å². The topological polar surface area (TPSA) is 88.6 Å². The molecule has 1 saturated heterocycles. The van der Waals surface area contributed by atoms with E-state index in [9.17, 15) is 13.2 Å². The van der Waals surface area contributed by atoms with Gasteiger partial charge in [0.15, 0.2) is 0 Å². The summed E-state index contributed by atoms with van der Waals surface area (Å²) in [7, 11) is -0.352. The summed E-state index contributed by atoms with van der Waals surface area (Å²) in [5.74, 6) is -0.576. The quantitative estimate of drug-likeness (QED) is 0.834. The highest BCUT2D eigenvalue weighted by atomic mass is 32.2. The van der Waals surface area contributed by atoms with Crippen LogP contribution in [0.1, 0.15) is 21.6 Å². The molecule has 1 aliphatic rings. The molecule has 0 radical (unpaired) electrons. The lowest BCUT2D eigenvalue weighted by atomic mass is 10.0. The third-order valence-corrected chi connectivity index (χ3v) is 6.86. The van der Waals surface area contributed by atoms with Gasteiger partial charge in [-0.1, -0.05) is 6.07 Å². The Kier molecular flexibility index (Phi) is 5.50. The Morgan fingerprint density at radius 2 is 2.00 bits per heavy atom. The maximum Gasteiger partial charge on any atom is 0.251 e. The van der Waals surface area contributed by atoms with Gasteiger partial charge < -0.3 is 10.1 Å². The first-order valence-corrected chi connectivity index (χ1v) is 10.4. The van der Waals surface area contributed by atoms with E-state index in [4.69, 9.17) is 4.74 Å². The molecule has 8 heteroatoms. The standard InChI is InChI=1S/C19H25N3O4S/c1-12-7-13(2)20-17-8-14(5-6-16(12)17)19(23)21-18-10-26-9-15(18)11-27(24,25)22(3)4/h5-8,15,18H,9-11H2,1-4H3,(H,21,23)/t15-,18-/m0/s1. The molecular weight excluding hydrogens is 366 g/mol. The van der Waals surface area contributed by atoms with E-state index in [0.29, 0.717) is 18.8 Å². The van der Waals surface area contributed by atoms with Crippen molar-refractivity contribution in [1.29, 1.82) is 0 Å². The molecule has 0 unspecified atom stereocenters. The summed E-state index contributed by atoms with van der Waals surface area (Å²) in [6, 6.07) is 7.10. The number of fused-ring (bicyclic) bond motifs is 1. The first-order chi connectivity index (χ1) is 12.7. The van der Waals surface area contributed by atoms with Crippen molar-refractivity contribution >= 4 is 26.8 Å². The first-order valence-electron chi connectivity index (χ1n) is 8.84. The molecule has 1 fully saturated rings. The largest absolute Gasteiger partial charge is 0.379 e. The number of nitrogens with one attached hydrogen (secondary N) is 1.